The van der Waals surface area contributed by atoms with Gasteiger partial charge in [0.05, 0.1) is 10.8 Å². The zero-order valence-corrected chi connectivity index (χ0v) is 17.9. The minimum absolute atomic E-state index is 0.00550. The highest BCUT2D eigenvalue weighted by Gasteiger charge is 2.31. The van der Waals surface area contributed by atoms with Crippen LogP contribution in [-0.2, 0) is 24.4 Å². The number of carboxylic acid groups (broad SMARTS) is 1. The first-order valence-corrected chi connectivity index (χ1v) is 11.7. The normalized spacial score (nSPS) is 18.7. The van der Waals surface area contributed by atoms with Crippen molar-refractivity contribution in [1.29, 1.82) is 0 Å². The summed E-state index contributed by atoms with van der Waals surface area (Å²) in [5, 5.41) is 9.02. The molecule has 0 radical (unpaired) electrons. The first-order chi connectivity index (χ1) is 14.7. The van der Waals surface area contributed by atoms with E-state index in [2.05, 4.69) is 0 Å². The van der Waals surface area contributed by atoms with Crippen LogP contribution in [0.15, 0.2) is 29.2 Å². The van der Waals surface area contributed by atoms with E-state index in [9.17, 15) is 27.2 Å². The summed E-state index contributed by atoms with van der Waals surface area (Å²) >= 11 is 0. The van der Waals surface area contributed by atoms with E-state index in [4.69, 9.17) is 5.11 Å². The number of piperazine rings is 1. The second kappa shape index (κ2) is 9.73. The van der Waals surface area contributed by atoms with Crippen LogP contribution in [0, 0.1) is 11.7 Å². The Hall–Kier alpha value is -2.53. The summed E-state index contributed by atoms with van der Waals surface area (Å²) in [7, 11) is -3.75. The Kier molecular flexibility index (Phi) is 7.26. The minimum Gasteiger partial charge on any atom is -0.481 e. The number of benzene rings is 1. The van der Waals surface area contributed by atoms with Gasteiger partial charge in [0, 0.05) is 52.1 Å². The predicted molar refractivity (Wildman–Crippen MR) is 108 cm³/mol. The minimum atomic E-state index is -3.75. The van der Waals surface area contributed by atoms with Gasteiger partial charge in [-0.2, -0.15) is 4.31 Å². The third-order valence-electron chi connectivity index (χ3n) is 5.79. The van der Waals surface area contributed by atoms with Crippen LogP contribution in [0.25, 0.3) is 0 Å². The molecule has 0 aromatic heterocycles. The molecule has 0 bridgehead atoms. The Morgan fingerprint density at radius 2 is 1.35 bits per heavy atom. The molecule has 2 saturated heterocycles. The molecule has 0 spiro atoms. The summed E-state index contributed by atoms with van der Waals surface area (Å²) in [5.41, 5.74) is 0. The van der Waals surface area contributed by atoms with Gasteiger partial charge in [-0.1, -0.05) is 0 Å². The zero-order valence-electron chi connectivity index (χ0n) is 17.1. The Labute approximate surface area is 180 Å². The predicted octanol–water partition coefficient (Wildman–Crippen LogP) is 0.762. The molecule has 3 rings (SSSR count). The molecule has 31 heavy (non-hydrogen) atoms. The third kappa shape index (κ3) is 5.59. The highest BCUT2D eigenvalue weighted by molar-refractivity contribution is 7.89. The maximum absolute atomic E-state index is 13.1. The van der Waals surface area contributed by atoms with Gasteiger partial charge < -0.3 is 14.9 Å². The van der Waals surface area contributed by atoms with Gasteiger partial charge in [0.15, 0.2) is 0 Å². The number of carbonyl (C=O) groups is 3. The number of carbonyl (C=O) groups excluding carboxylic acids is 2. The summed E-state index contributed by atoms with van der Waals surface area (Å²) in [6, 6.07) is 4.61. The monoisotopic (exact) mass is 455 g/mol. The lowest BCUT2D eigenvalue weighted by molar-refractivity contribution is -0.146. The molecular formula is C20H26FN3O6S. The van der Waals surface area contributed by atoms with Gasteiger partial charge in [0.2, 0.25) is 21.8 Å². The number of piperidine rings is 1. The number of aliphatic carboxylic acids is 1. The SMILES string of the molecule is O=C(O)C1CCN(C(=O)CCC(=O)N2CCN(S(=O)(=O)c3ccc(F)cc3)CC2)CC1. The lowest BCUT2D eigenvalue weighted by Gasteiger charge is -2.34. The summed E-state index contributed by atoms with van der Waals surface area (Å²) < 4.78 is 39.6. The molecule has 2 amide bonds. The number of amides is 2. The van der Waals surface area contributed by atoms with Crippen LogP contribution in [0.5, 0.6) is 0 Å². The number of hydrogen-bond donors (Lipinski definition) is 1. The van der Waals surface area contributed by atoms with Crippen LogP contribution in [-0.4, -0.2) is 84.7 Å². The fourth-order valence-corrected chi connectivity index (χ4v) is 5.26. The number of carboxylic acids is 1. The van der Waals surface area contributed by atoms with Gasteiger partial charge in [0.1, 0.15) is 5.82 Å². The molecule has 1 aromatic carbocycles. The van der Waals surface area contributed by atoms with E-state index in [1.165, 1.54) is 16.4 Å². The maximum atomic E-state index is 13.1. The van der Waals surface area contributed by atoms with Crippen LogP contribution in [0.3, 0.4) is 0 Å². The van der Waals surface area contributed by atoms with Crippen molar-refractivity contribution in [3.05, 3.63) is 30.1 Å². The molecule has 0 atom stereocenters. The summed E-state index contributed by atoms with van der Waals surface area (Å²) in [5.74, 6) is -2.17. The molecule has 2 heterocycles. The molecule has 11 heteroatoms. The van der Waals surface area contributed by atoms with E-state index in [1.807, 2.05) is 0 Å². The van der Waals surface area contributed by atoms with E-state index < -0.39 is 27.7 Å². The Bertz CT molecular complexity index is 921. The first kappa shape index (κ1) is 23.1. The highest BCUT2D eigenvalue weighted by Crippen LogP contribution is 2.20. The number of hydrogen-bond acceptors (Lipinski definition) is 5. The smallest absolute Gasteiger partial charge is 0.306 e. The average molecular weight is 456 g/mol. The van der Waals surface area contributed by atoms with Crippen molar-refractivity contribution in [3.63, 3.8) is 0 Å². The zero-order chi connectivity index (χ0) is 22.6. The molecule has 2 aliphatic heterocycles. The molecule has 2 fully saturated rings. The molecule has 0 saturated carbocycles. The van der Waals surface area contributed by atoms with E-state index in [-0.39, 0.29) is 55.7 Å². The fraction of sp³-hybridized carbons (Fsp3) is 0.550. The molecule has 1 N–H and O–H groups in total. The highest BCUT2D eigenvalue weighted by atomic mass is 32.2. The number of sulfonamides is 1. The van der Waals surface area contributed by atoms with E-state index >= 15 is 0 Å². The second-order valence-electron chi connectivity index (χ2n) is 7.73. The Morgan fingerprint density at radius 1 is 0.871 bits per heavy atom. The van der Waals surface area contributed by atoms with Crippen molar-refractivity contribution in [2.45, 2.75) is 30.6 Å². The lowest BCUT2D eigenvalue weighted by Crippen LogP contribution is -2.50. The van der Waals surface area contributed by atoms with Crippen molar-refractivity contribution in [2.24, 2.45) is 5.92 Å². The molecule has 0 unspecified atom stereocenters. The van der Waals surface area contributed by atoms with E-state index in [0.29, 0.717) is 25.9 Å². The molecular weight excluding hydrogens is 429 g/mol. The maximum Gasteiger partial charge on any atom is 0.306 e. The van der Waals surface area contributed by atoms with Gasteiger partial charge in [-0.25, -0.2) is 12.8 Å². The quantitative estimate of drug-likeness (QED) is 0.677. The topological polar surface area (TPSA) is 115 Å². The Morgan fingerprint density at radius 3 is 1.84 bits per heavy atom. The fourth-order valence-electron chi connectivity index (χ4n) is 3.84. The molecule has 0 aliphatic carbocycles. The van der Waals surface area contributed by atoms with Gasteiger partial charge >= 0.3 is 5.97 Å². The van der Waals surface area contributed by atoms with Crippen molar-refractivity contribution in [2.75, 3.05) is 39.3 Å². The number of rotatable bonds is 6. The van der Waals surface area contributed by atoms with Gasteiger partial charge in [0.25, 0.3) is 0 Å². The van der Waals surface area contributed by atoms with Crippen LogP contribution < -0.4 is 0 Å². The number of nitrogens with zero attached hydrogens (tertiary/aromatic N) is 3. The van der Waals surface area contributed by atoms with Gasteiger partial charge in [-0.15, -0.1) is 0 Å². The third-order valence-corrected chi connectivity index (χ3v) is 7.71. The molecule has 2 aliphatic rings. The summed E-state index contributed by atoms with van der Waals surface area (Å²) in [6.45, 7) is 1.45. The van der Waals surface area contributed by atoms with Crippen LogP contribution in [0.4, 0.5) is 4.39 Å². The van der Waals surface area contributed by atoms with Gasteiger partial charge in [-0.05, 0) is 37.1 Å². The summed E-state index contributed by atoms with van der Waals surface area (Å²) in [6.07, 6.45) is 0.909. The van der Waals surface area contributed by atoms with Crippen LogP contribution in [0.1, 0.15) is 25.7 Å². The molecule has 1 aromatic rings. The number of halogens is 1. The lowest BCUT2D eigenvalue weighted by atomic mass is 9.97. The number of likely N-dealkylation sites (tertiary alicyclic amines) is 1. The Balaban J connectivity index is 1.44. The van der Waals surface area contributed by atoms with Crippen molar-refractivity contribution in [1.82, 2.24) is 14.1 Å². The molecule has 9 nitrogen and oxygen atoms in total. The van der Waals surface area contributed by atoms with Crippen molar-refractivity contribution in [3.8, 4) is 0 Å². The van der Waals surface area contributed by atoms with Crippen LogP contribution in [0.2, 0.25) is 0 Å². The average Bonchev–Trinajstić information content (AvgIpc) is 2.77. The first-order valence-electron chi connectivity index (χ1n) is 10.2. The summed E-state index contributed by atoms with van der Waals surface area (Å²) in [4.78, 5) is 38.9. The van der Waals surface area contributed by atoms with E-state index in [0.717, 1.165) is 12.1 Å². The van der Waals surface area contributed by atoms with Gasteiger partial charge in [-0.3, -0.25) is 14.4 Å². The van der Waals surface area contributed by atoms with Crippen LogP contribution >= 0.6 is 0 Å². The molecule has 170 valence electrons. The second-order valence-corrected chi connectivity index (χ2v) is 9.67. The van der Waals surface area contributed by atoms with E-state index in [1.54, 1.807) is 9.80 Å². The standard InChI is InChI=1S/C20H26FN3O6S/c21-16-1-3-17(4-2-16)31(29,30)24-13-11-23(12-14-24)19(26)6-5-18(25)22-9-7-15(8-10-22)20(27)28/h1-4,15H,5-14H2,(H,27,28). The van der Waals surface area contributed by atoms with Crippen molar-refractivity contribution < 1.29 is 32.3 Å². The largest absolute Gasteiger partial charge is 0.481 e. The van der Waals surface area contributed by atoms with Crippen molar-refractivity contribution >= 4 is 27.8 Å².